The molecule has 1 atom stereocenters. The van der Waals surface area contributed by atoms with E-state index in [0.29, 0.717) is 13.0 Å². The van der Waals surface area contributed by atoms with Crippen LogP contribution in [0.3, 0.4) is 0 Å². The maximum atomic E-state index is 10.0. The monoisotopic (exact) mass is 202 g/mol. The van der Waals surface area contributed by atoms with E-state index in [0.717, 1.165) is 12.8 Å². The van der Waals surface area contributed by atoms with Crippen molar-refractivity contribution in [1.82, 2.24) is 0 Å². The van der Waals surface area contributed by atoms with Crippen LogP contribution in [0.25, 0.3) is 0 Å². The average molecular weight is 202 g/mol. The van der Waals surface area contributed by atoms with Gasteiger partial charge in [-0.1, -0.05) is 6.42 Å². The molecule has 0 fully saturated rings. The molecule has 12 heavy (non-hydrogen) atoms. The minimum atomic E-state index is -1.18. The Morgan fingerprint density at radius 2 is 1.92 bits per heavy atom. The van der Waals surface area contributed by atoms with Crippen molar-refractivity contribution in [2.45, 2.75) is 25.3 Å². The molecule has 0 aliphatic heterocycles. The smallest absolute Gasteiger partial charge is 0.548 e. The van der Waals surface area contributed by atoms with Crippen molar-refractivity contribution >= 4 is 5.97 Å². The summed E-state index contributed by atoms with van der Waals surface area (Å²) in [6.45, 7) is 0.583. The molecule has 0 aliphatic carbocycles. The van der Waals surface area contributed by atoms with E-state index in [1.165, 1.54) is 0 Å². The fraction of sp³-hybridized carbons (Fsp3) is 0.833. The minimum absolute atomic E-state index is 0. The van der Waals surface area contributed by atoms with Crippen molar-refractivity contribution in [3.8, 4) is 0 Å². The number of hydrogen-bond donors (Lipinski definition) is 2. The zero-order chi connectivity index (χ0) is 7.98. The van der Waals surface area contributed by atoms with Crippen LogP contribution in [0, 0.1) is 0 Å². The van der Waals surface area contributed by atoms with E-state index < -0.39 is 12.0 Å². The van der Waals surface area contributed by atoms with Crippen molar-refractivity contribution in [3.63, 3.8) is 0 Å². The molecule has 0 radical (unpaired) electrons. The summed E-state index contributed by atoms with van der Waals surface area (Å²) >= 11 is 0. The summed E-state index contributed by atoms with van der Waals surface area (Å²) < 4.78 is 0. The van der Waals surface area contributed by atoms with Crippen LogP contribution in [0.2, 0.25) is 0 Å². The van der Waals surface area contributed by atoms with E-state index in [-0.39, 0.29) is 56.9 Å². The molecule has 0 spiro atoms. The fourth-order valence-electron chi connectivity index (χ4n) is 0.626. The van der Waals surface area contributed by atoms with Gasteiger partial charge in [0.25, 0.3) is 0 Å². The molecule has 0 saturated carbocycles. The summed E-state index contributed by atoms with van der Waals surface area (Å²) in [7, 11) is 0. The van der Waals surface area contributed by atoms with Crippen LogP contribution in [0.5, 0.6) is 0 Å². The number of carbonyl (C=O) groups excluding carboxylic acids is 1. The van der Waals surface area contributed by atoms with Crippen molar-refractivity contribution in [2.75, 3.05) is 6.54 Å². The zero-order valence-corrected chi connectivity index (χ0v) is 10.5. The Labute approximate surface area is 115 Å². The number of carboxylic acids is 1. The van der Waals surface area contributed by atoms with E-state index in [1.807, 2.05) is 0 Å². The van der Waals surface area contributed by atoms with Crippen LogP contribution >= 0.6 is 0 Å². The predicted octanol–water partition coefficient (Wildman–Crippen LogP) is -5.63. The van der Waals surface area contributed by atoms with Crippen molar-refractivity contribution in [3.05, 3.63) is 0 Å². The fourth-order valence-corrected chi connectivity index (χ4v) is 0.626. The zero-order valence-electron chi connectivity index (χ0n) is 7.38. The molecule has 6 N–H and O–H groups in total. The Morgan fingerprint density at radius 1 is 1.42 bits per heavy atom. The second-order valence-electron chi connectivity index (χ2n) is 2.21. The van der Waals surface area contributed by atoms with Gasteiger partial charge in [0.1, 0.15) is 0 Å². The molecule has 0 bridgehead atoms. The van der Waals surface area contributed by atoms with Gasteiger partial charge in [-0.05, 0) is 19.4 Å². The number of hydrogen-bond acceptors (Lipinski definition) is 4. The molecule has 68 valence electrons. The largest absolute Gasteiger partial charge is 1.00 e. The summed E-state index contributed by atoms with van der Waals surface area (Å²) in [5.41, 5.74) is 10.3. The SMILES string of the molecule is NCCCCC(N)C(=O)[O-].O.[K+]. The molecule has 0 aromatic carbocycles. The first-order chi connectivity index (χ1) is 4.68. The van der Waals surface area contributed by atoms with Crippen LogP contribution in [0.4, 0.5) is 0 Å². The van der Waals surface area contributed by atoms with Crippen molar-refractivity contribution in [2.24, 2.45) is 11.5 Å². The number of rotatable bonds is 5. The van der Waals surface area contributed by atoms with E-state index in [2.05, 4.69) is 0 Å². The van der Waals surface area contributed by atoms with Crippen LogP contribution in [0.15, 0.2) is 0 Å². The average Bonchev–Trinajstić information content (AvgIpc) is 1.88. The van der Waals surface area contributed by atoms with Gasteiger partial charge in [0, 0.05) is 6.04 Å². The molecule has 0 heterocycles. The van der Waals surface area contributed by atoms with Crippen LogP contribution in [-0.4, -0.2) is 24.0 Å². The van der Waals surface area contributed by atoms with Crippen LogP contribution < -0.4 is 68.0 Å². The number of unbranched alkanes of at least 4 members (excludes halogenated alkanes) is 1. The van der Waals surface area contributed by atoms with E-state index in [4.69, 9.17) is 11.5 Å². The Kier molecular flexibility index (Phi) is 18.7. The number of carbonyl (C=O) groups is 1. The summed E-state index contributed by atoms with van der Waals surface area (Å²) in [6, 6.07) is -0.827. The van der Waals surface area contributed by atoms with Crippen LogP contribution in [-0.2, 0) is 4.79 Å². The van der Waals surface area contributed by atoms with Gasteiger partial charge in [-0.25, -0.2) is 0 Å². The van der Waals surface area contributed by atoms with E-state index >= 15 is 0 Å². The molecule has 0 aromatic rings. The van der Waals surface area contributed by atoms with Crippen molar-refractivity contribution in [1.29, 1.82) is 0 Å². The molecule has 0 amide bonds. The Balaban J connectivity index is -0.000000405. The normalized spacial score (nSPS) is 10.8. The first-order valence-electron chi connectivity index (χ1n) is 3.35. The third kappa shape index (κ3) is 11.0. The van der Waals surface area contributed by atoms with Gasteiger partial charge in [0.2, 0.25) is 0 Å². The topological polar surface area (TPSA) is 124 Å². The maximum absolute atomic E-state index is 10.0. The van der Waals surface area contributed by atoms with Gasteiger partial charge >= 0.3 is 51.4 Å². The molecule has 0 saturated heterocycles. The molecular weight excluding hydrogens is 187 g/mol. The van der Waals surface area contributed by atoms with Gasteiger partial charge in [-0.2, -0.15) is 0 Å². The summed E-state index contributed by atoms with van der Waals surface area (Å²) in [5, 5.41) is 10.0. The molecule has 1 unspecified atom stereocenters. The summed E-state index contributed by atoms with van der Waals surface area (Å²) in [4.78, 5) is 10.0. The first-order valence-corrected chi connectivity index (χ1v) is 3.35. The molecule has 0 aromatic heterocycles. The second-order valence-corrected chi connectivity index (χ2v) is 2.21. The van der Waals surface area contributed by atoms with E-state index in [1.54, 1.807) is 0 Å². The predicted molar refractivity (Wildman–Crippen MR) is 39.5 cm³/mol. The number of aliphatic carboxylic acids is 1. The number of nitrogens with two attached hydrogens (primary N) is 2. The Bertz CT molecular complexity index is 113. The molecule has 0 aliphatic rings. The molecule has 6 heteroatoms. The standard InChI is InChI=1S/C6H14N2O2.K.H2O/c7-4-2-1-3-5(8)6(9)10;;/h5H,1-4,7-8H2,(H,9,10);;1H2/q;+1;/p-1. The maximum Gasteiger partial charge on any atom is 1.00 e. The first kappa shape index (κ1) is 18.7. The summed E-state index contributed by atoms with van der Waals surface area (Å²) in [6.07, 6.45) is 2.03. The van der Waals surface area contributed by atoms with Gasteiger partial charge in [-0.15, -0.1) is 0 Å². The minimum Gasteiger partial charge on any atom is -0.548 e. The van der Waals surface area contributed by atoms with E-state index in [9.17, 15) is 9.90 Å². The van der Waals surface area contributed by atoms with Gasteiger partial charge in [0.15, 0.2) is 0 Å². The van der Waals surface area contributed by atoms with Crippen molar-refractivity contribution < 1.29 is 66.8 Å². The van der Waals surface area contributed by atoms with Gasteiger partial charge in [0.05, 0.1) is 5.97 Å². The van der Waals surface area contributed by atoms with Gasteiger partial charge < -0.3 is 26.8 Å². The molecule has 0 rings (SSSR count). The van der Waals surface area contributed by atoms with Crippen LogP contribution in [0.1, 0.15) is 19.3 Å². The third-order valence-electron chi connectivity index (χ3n) is 1.27. The second kappa shape index (κ2) is 12.0. The quantitative estimate of drug-likeness (QED) is 0.340. The third-order valence-corrected chi connectivity index (χ3v) is 1.27. The molecule has 5 nitrogen and oxygen atoms in total. The number of carboxylic acid groups (broad SMARTS) is 1. The summed E-state index contributed by atoms with van der Waals surface area (Å²) in [5.74, 6) is -1.18. The molecular formula is C6H15KN2O3. The Hall–Kier alpha value is 0.986. The Morgan fingerprint density at radius 3 is 2.25 bits per heavy atom. The van der Waals surface area contributed by atoms with Gasteiger partial charge in [-0.3, -0.25) is 0 Å².